The minimum atomic E-state index is -0.410. The lowest BCUT2D eigenvalue weighted by Crippen LogP contribution is -2.31. The zero-order valence-corrected chi connectivity index (χ0v) is 14.2. The molecule has 2 nitrogen and oxygen atoms in total. The SMILES string of the molecule is CC1=CCC=C(C(C)(OCCN(C)C)c2ccccc2)C=C1. The fourth-order valence-corrected chi connectivity index (χ4v) is 2.60. The molecule has 0 heterocycles. The Bertz CT molecular complexity index is 569. The number of rotatable bonds is 6. The summed E-state index contributed by atoms with van der Waals surface area (Å²) in [6, 6.07) is 10.5. The summed E-state index contributed by atoms with van der Waals surface area (Å²) in [5, 5.41) is 0. The molecule has 118 valence electrons. The van der Waals surface area contributed by atoms with Crippen molar-refractivity contribution in [1.29, 1.82) is 0 Å². The number of ether oxygens (including phenoxy) is 1. The van der Waals surface area contributed by atoms with E-state index in [2.05, 4.69) is 81.4 Å². The Hall–Kier alpha value is -1.64. The van der Waals surface area contributed by atoms with Crippen LogP contribution in [0, 0.1) is 0 Å². The predicted octanol–water partition coefficient (Wildman–Crippen LogP) is 4.31. The highest BCUT2D eigenvalue weighted by Crippen LogP contribution is 2.35. The first-order chi connectivity index (χ1) is 10.5. The molecule has 2 rings (SSSR count). The molecule has 0 spiro atoms. The van der Waals surface area contributed by atoms with Crippen LogP contribution in [-0.2, 0) is 10.3 Å². The molecule has 1 unspecified atom stereocenters. The Balaban J connectivity index is 2.29. The van der Waals surface area contributed by atoms with E-state index in [-0.39, 0.29) is 0 Å². The maximum Gasteiger partial charge on any atom is 0.115 e. The lowest BCUT2D eigenvalue weighted by Gasteiger charge is -2.32. The van der Waals surface area contributed by atoms with E-state index >= 15 is 0 Å². The summed E-state index contributed by atoms with van der Waals surface area (Å²) in [5.41, 5.74) is 3.32. The highest BCUT2D eigenvalue weighted by Gasteiger charge is 2.30. The topological polar surface area (TPSA) is 12.5 Å². The summed E-state index contributed by atoms with van der Waals surface area (Å²) in [5.74, 6) is 0. The first-order valence-corrected chi connectivity index (χ1v) is 7.92. The molecule has 2 heteroatoms. The number of nitrogens with zero attached hydrogens (tertiary/aromatic N) is 1. The first kappa shape index (κ1) is 16.7. The molecule has 0 bridgehead atoms. The van der Waals surface area contributed by atoms with Crippen LogP contribution in [-0.4, -0.2) is 32.1 Å². The molecule has 1 aliphatic rings. The molecule has 1 aliphatic carbocycles. The van der Waals surface area contributed by atoms with Crippen molar-refractivity contribution in [3.8, 4) is 0 Å². The van der Waals surface area contributed by atoms with Crippen LogP contribution in [0.2, 0.25) is 0 Å². The van der Waals surface area contributed by atoms with Crippen LogP contribution in [0.15, 0.2) is 65.8 Å². The van der Waals surface area contributed by atoms with Crippen LogP contribution in [0.25, 0.3) is 0 Å². The fourth-order valence-electron chi connectivity index (χ4n) is 2.60. The van der Waals surface area contributed by atoms with E-state index in [0.29, 0.717) is 6.61 Å². The molecule has 0 fully saturated rings. The van der Waals surface area contributed by atoms with Gasteiger partial charge in [0.25, 0.3) is 0 Å². The molecule has 1 aromatic rings. The lowest BCUT2D eigenvalue weighted by atomic mass is 9.86. The van der Waals surface area contributed by atoms with Crippen LogP contribution in [0.5, 0.6) is 0 Å². The molecular weight excluding hydrogens is 270 g/mol. The summed E-state index contributed by atoms with van der Waals surface area (Å²) in [7, 11) is 4.14. The van der Waals surface area contributed by atoms with Crippen LogP contribution in [0.4, 0.5) is 0 Å². The molecule has 0 saturated heterocycles. The average molecular weight is 297 g/mol. The molecule has 1 aromatic carbocycles. The van der Waals surface area contributed by atoms with Crippen LogP contribution < -0.4 is 0 Å². The lowest BCUT2D eigenvalue weighted by molar-refractivity contribution is -0.0108. The predicted molar refractivity (Wildman–Crippen MR) is 93.9 cm³/mol. The quantitative estimate of drug-likeness (QED) is 0.775. The summed E-state index contributed by atoms with van der Waals surface area (Å²) in [6.07, 6.45) is 9.84. The van der Waals surface area contributed by atoms with Gasteiger partial charge >= 0.3 is 0 Å². The molecule has 0 amide bonds. The molecule has 0 aromatic heterocycles. The van der Waals surface area contributed by atoms with Gasteiger partial charge in [-0.25, -0.2) is 0 Å². The van der Waals surface area contributed by atoms with E-state index in [1.165, 1.54) is 16.7 Å². The van der Waals surface area contributed by atoms with Crippen LogP contribution >= 0.6 is 0 Å². The smallest absolute Gasteiger partial charge is 0.115 e. The average Bonchev–Trinajstić information content (AvgIpc) is 2.72. The van der Waals surface area contributed by atoms with Gasteiger partial charge in [0, 0.05) is 6.54 Å². The van der Waals surface area contributed by atoms with E-state index in [0.717, 1.165) is 13.0 Å². The van der Waals surface area contributed by atoms with Crippen molar-refractivity contribution in [3.05, 3.63) is 71.3 Å². The van der Waals surface area contributed by atoms with Gasteiger partial charge in [-0.05, 0) is 45.5 Å². The third kappa shape index (κ3) is 4.19. The van der Waals surface area contributed by atoms with Crippen LogP contribution in [0.1, 0.15) is 25.8 Å². The molecule has 0 saturated carbocycles. The van der Waals surface area contributed by atoms with E-state index in [9.17, 15) is 0 Å². The Morgan fingerprint density at radius 3 is 2.50 bits per heavy atom. The van der Waals surface area contributed by atoms with Crippen molar-refractivity contribution in [1.82, 2.24) is 4.90 Å². The Morgan fingerprint density at radius 2 is 1.82 bits per heavy atom. The normalized spacial score (nSPS) is 17.7. The van der Waals surface area contributed by atoms with Gasteiger partial charge in [-0.3, -0.25) is 0 Å². The van der Waals surface area contributed by atoms with Crippen LogP contribution in [0.3, 0.4) is 0 Å². The van der Waals surface area contributed by atoms with Gasteiger partial charge in [0.15, 0.2) is 0 Å². The number of hydrogen-bond donors (Lipinski definition) is 0. The Morgan fingerprint density at radius 1 is 1.09 bits per heavy atom. The maximum atomic E-state index is 6.37. The molecule has 0 radical (unpaired) electrons. The number of likely N-dealkylation sites (N-methyl/N-ethyl adjacent to an activating group) is 1. The second-order valence-corrected chi connectivity index (χ2v) is 6.23. The zero-order chi connectivity index (χ0) is 16.0. The maximum absolute atomic E-state index is 6.37. The van der Waals surface area contributed by atoms with Gasteiger partial charge in [-0.15, -0.1) is 0 Å². The van der Waals surface area contributed by atoms with Gasteiger partial charge < -0.3 is 9.64 Å². The van der Waals surface area contributed by atoms with Gasteiger partial charge in [-0.2, -0.15) is 0 Å². The molecule has 1 atom stereocenters. The second-order valence-electron chi connectivity index (χ2n) is 6.23. The number of allylic oxidation sites excluding steroid dienone is 4. The van der Waals surface area contributed by atoms with Gasteiger partial charge in [0.1, 0.15) is 5.60 Å². The summed E-state index contributed by atoms with van der Waals surface area (Å²) < 4.78 is 6.37. The van der Waals surface area contributed by atoms with Gasteiger partial charge in [-0.1, -0.05) is 60.2 Å². The summed E-state index contributed by atoms with van der Waals surface area (Å²) in [6.45, 7) is 5.93. The summed E-state index contributed by atoms with van der Waals surface area (Å²) >= 11 is 0. The third-order valence-electron chi connectivity index (χ3n) is 4.11. The Labute approximate surface area is 134 Å². The fraction of sp³-hybridized carbons (Fsp3) is 0.400. The van der Waals surface area contributed by atoms with Gasteiger partial charge in [0.2, 0.25) is 0 Å². The minimum Gasteiger partial charge on any atom is -0.365 e. The number of hydrogen-bond acceptors (Lipinski definition) is 2. The molecule has 0 N–H and O–H groups in total. The number of benzene rings is 1. The van der Waals surface area contributed by atoms with E-state index in [4.69, 9.17) is 4.74 Å². The van der Waals surface area contributed by atoms with E-state index in [1.54, 1.807) is 0 Å². The molecular formula is C20H27NO. The van der Waals surface area contributed by atoms with Gasteiger partial charge in [0.05, 0.1) is 6.61 Å². The van der Waals surface area contributed by atoms with Crippen molar-refractivity contribution in [2.75, 3.05) is 27.2 Å². The molecule has 0 aliphatic heterocycles. The molecule has 22 heavy (non-hydrogen) atoms. The van der Waals surface area contributed by atoms with Crippen molar-refractivity contribution in [3.63, 3.8) is 0 Å². The largest absolute Gasteiger partial charge is 0.365 e. The summed E-state index contributed by atoms with van der Waals surface area (Å²) in [4.78, 5) is 2.15. The van der Waals surface area contributed by atoms with E-state index < -0.39 is 5.60 Å². The van der Waals surface area contributed by atoms with E-state index in [1.807, 2.05) is 6.07 Å². The zero-order valence-electron chi connectivity index (χ0n) is 14.2. The second kappa shape index (κ2) is 7.57. The van der Waals surface area contributed by atoms with Crippen molar-refractivity contribution in [2.24, 2.45) is 0 Å². The van der Waals surface area contributed by atoms with Crippen molar-refractivity contribution < 1.29 is 4.74 Å². The first-order valence-electron chi connectivity index (χ1n) is 7.92. The minimum absolute atomic E-state index is 0.410. The monoisotopic (exact) mass is 297 g/mol. The third-order valence-corrected chi connectivity index (χ3v) is 4.11. The van der Waals surface area contributed by atoms with Crippen molar-refractivity contribution in [2.45, 2.75) is 25.9 Å². The standard InChI is InChI=1S/C20H27NO/c1-17-9-8-12-19(14-13-17)20(2,22-16-15-21(3)4)18-10-6-5-7-11-18/h5-7,9-14H,8,15-16H2,1-4H3. The Kier molecular flexibility index (Phi) is 5.76. The van der Waals surface area contributed by atoms with Crippen molar-refractivity contribution >= 4 is 0 Å². The highest BCUT2D eigenvalue weighted by atomic mass is 16.5. The highest BCUT2D eigenvalue weighted by molar-refractivity contribution is 5.42.